The van der Waals surface area contributed by atoms with Gasteiger partial charge in [0, 0.05) is 19.3 Å². The van der Waals surface area contributed by atoms with Gasteiger partial charge in [0.15, 0.2) is 0 Å². The number of ether oxygens (including phenoxy) is 1. The number of carbonyl (C=O) groups is 2. The zero-order chi connectivity index (χ0) is 25.8. The highest BCUT2D eigenvalue weighted by Gasteiger charge is 2.29. The Balaban J connectivity index is 1.53. The maximum absolute atomic E-state index is 14.4. The first-order valence-corrected chi connectivity index (χ1v) is 11.5. The predicted molar refractivity (Wildman–Crippen MR) is 127 cm³/mol. The lowest BCUT2D eigenvalue weighted by atomic mass is 9.81. The molecule has 1 saturated carbocycles. The lowest BCUT2D eigenvalue weighted by Crippen LogP contribution is -2.39. The summed E-state index contributed by atoms with van der Waals surface area (Å²) in [5.41, 5.74) is -0.0811. The smallest absolute Gasteiger partial charge is 0.409 e. The van der Waals surface area contributed by atoms with Gasteiger partial charge in [0.25, 0.3) is 5.91 Å². The zero-order valence-corrected chi connectivity index (χ0v) is 19.8. The molecule has 0 bridgehead atoms. The molecule has 2 heterocycles. The van der Waals surface area contributed by atoms with Crippen molar-refractivity contribution in [2.24, 2.45) is 0 Å². The largest absolute Gasteiger partial charge is 0.453 e. The van der Waals surface area contributed by atoms with Gasteiger partial charge in [0.05, 0.1) is 24.6 Å². The second-order valence-electron chi connectivity index (χ2n) is 8.63. The molecule has 10 heteroatoms. The first-order valence-electron chi connectivity index (χ1n) is 11.5. The number of methoxy groups -OCH3 is 1. The number of halogens is 3. The second kappa shape index (κ2) is 10.8. The molecule has 0 saturated heterocycles. The minimum absolute atomic E-state index is 0.0641. The van der Waals surface area contributed by atoms with Crippen LogP contribution in [0.4, 0.5) is 23.7 Å². The average molecular weight is 499 g/mol. The minimum Gasteiger partial charge on any atom is -0.453 e. The SMILES string of the molecule is COC(=O)N(C)C1CCC(c2ccncc2NC(=O)c2ccc(F)c(-c3c(F)cccc3F)n2)CC1. The monoisotopic (exact) mass is 498 g/mol. The molecule has 0 radical (unpaired) electrons. The number of pyridine rings is 2. The number of rotatable bonds is 5. The molecule has 7 nitrogen and oxygen atoms in total. The summed E-state index contributed by atoms with van der Waals surface area (Å²) in [5.74, 6) is -3.47. The summed E-state index contributed by atoms with van der Waals surface area (Å²) in [5, 5.41) is 2.75. The molecule has 1 aliphatic rings. The number of nitrogens with one attached hydrogen (secondary N) is 1. The molecular formula is C26H25F3N4O3. The van der Waals surface area contributed by atoms with Gasteiger partial charge in [-0.1, -0.05) is 6.07 Å². The van der Waals surface area contributed by atoms with E-state index >= 15 is 0 Å². The van der Waals surface area contributed by atoms with Crippen LogP contribution < -0.4 is 5.32 Å². The predicted octanol–water partition coefficient (Wildman–Crippen LogP) is 5.54. The van der Waals surface area contributed by atoms with Crippen molar-refractivity contribution in [3.05, 3.63) is 77.5 Å². The van der Waals surface area contributed by atoms with Crippen molar-refractivity contribution in [3.63, 3.8) is 0 Å². The van der Waals surface area contributed by atoms with Crippen LogP contribution in [0.25, 0.3) is 11.3 Å². The Kier molecular flexibility index (Phi) is 7.52. The van der Waals surface area contributed by atoms with Crippen LogP contribution >= 0.6 is 0 Å². The van der Waals surface area contributed by atoms with Crippen molar-refractivity contribution >= 4 is 17.7 Å². The van der Waals surface area contributed by atoms with Crippen LogP contribution in [-0.4, -0.2) is 47.1 Å². The normalized spacial score (nSPS) is 17.4. The van der Waals surface area contributed by atoms with Crippen molar-refractivity contribution in [3.8, 4) is 11.3 Å². The van der Waals surface area contributed by atoms with E-state index in [2.05, 4.69) is 15.3 Å². The summed E-state index contributed by atoms with van der Waals surface area (Å²) in [6, 6.07) is 7.13. The fraction of sp³-hybridized carbons (Fsp3) is 0.308. The van der Waals surface area contributed by atoms with E-state index in [0.29, 0.717) is 5.69 Å². The van der Waals surface area contributed by atoms with E-state index in [0.717, 1.165) is 61.6 Å². The van der Waals surface area contributed by atoms with Gasteiger partial charge in [-0.2, -0.15) is 0 Å². The summed E-state index contributed by atoms with van der Waals surface area (Å²) in [7, 11) is 3.06. The molecular weight excluding hydrogens is 473 g/mol. The second-order valence-corrected chi connectivity index (χ2v) is 8.63. The van der Waals surface area contributed by atoms with E-state index in [9.17, 15) is 22.8 Å². The van der Waals surface area contributed by atoms with E-state index in [-0.39, 0.29) is 23.7 Å². The Morgan fingerprint density at radius 3 is 2.36 bits per heavy atom. The first kappa shape index (κ1) is 25.2. The number of carbonyl (C=O) groups excluding carboxylic acids is 2. The summed E-state index contributed by atoms with van der Waals surface area (Å²) >= 11 is 0. The summed E-state index contributed by atoms with van der Waals surface area (Å²) < 4.78 is 47.6. The number of benzene rings is 1. The van der Waals surface area contributed by atoms with Crippen molar-refractivity contribution in [1.82, 2.24) is 14.9 Å². The third kappa shape index (κ3) is 5.17. The van der Waals surface area contributed by atoms with Crippen LogP contribution in [0.3, 0.4) is 0 Å². The van der Waals surface area contributed by atoms with Gasteiger partial charge in [-0.3, -0.25) is 9.78 Å². The van der Waals surface area contributed by atoms with E-state index in [4.69, 9.17) is 4.74 Å². The molecule has 1 N–H and O–H groups in total. The molecule has 2 aromatic heterocycles. The van der Waals surface area contributed by atoms with E-state index < -0.39 is 34.6 Å². The Bertz CT molecular complexity index is 1260. The summed E-state index contributed by atoms with van der Waals surface area (Å²) in [6.07, 6.45) is 5.87. The van der Waals surface area contributed by atoms with Gasteiger partial charge in [-0.15, -0.1) is 0 Å². The van der Waals surface area contributed by atoms with Crippen LogP contribution in [0.15, 0.2) is 48.8 Å². The fourth-order valence-electron chi connectivity index (χ4n) is 4.59. The van der Waals surface area contributed by atoms with Crippen LogP contribution in [0.1, 0.15) is 47.7 Å². The van der Waals surface area contributed by atoms with Crippen molar-refractivity contribution in [1.29, 1.82) is 0 Å². The maximum atomic E-state index is 14.4. The Morgan fingerprint density at radius 1 is 1.00 bits per heavy atom. The van der Waals surface area contributed by atoms with Crippen LogP contribution in [-0.2, 0) is 4.74 Å². The average Bonchev–Trinajstić information content (AvgIpc) is 2.89. The molecule has 0 spiro atoms. The highest BCUT2D eigenvalue weighted by molar-refractivity contribution is 6.03. The molecule has 1 aromatic carbocycles. The standard InChI is InChI=1S/C26H25F3N4O3/c1-33(26(35)36-2)16-8-6-15(7-9-16)17-12-13-30-14-22(17)32-25(34)21-11-10-20(29)24(31-21)23-18(27)4-3-5-19(23)28/h3-5,10-16H,6-9H2,1-2H3,(H,32,34). The molecule has 188 valence electrons. The van der Waals surface area contributed by atoms with Crippen molar-refractivity contribution in [2.75, 3.05) is 19.5 Å². The Labute approximate surface area is 206 Å². The number of hydrogen-bond acceptors (Lipinski definition) is 5. The molecule has 0 atom stereocenters. The van der Waals surface area contributed by atoms with Crippen LogP contribution in [0, 0.1) is 17.5 Å². The third-order valence-corrected chi connectivity index (χ3v) is 6.53. The summed E-state index contributed by atoms with van der Waals surface area (Å²) in [4.78, 5) is 34.4. The first-order chi connectivity index (χ1) is 17.3. The van der Waals surface area contributed by atoms with Gasteiger partial charge < -0.3 is 15.0 Å². The van der Waals surface area contributed by atoms with E-state index in [1.165, 1.54) is 13.3 Å². The third-order valence-electron chi connectivity index (χ3n) is 6.53. The molecule has 1 aliphatic carbocycles. The highest BCUT2D eigenvalue weighted by atomic mass is 19.1. The van der Waals surface area contributed by atoms with Gasteiger partial charge in [-0.25, -0.2) is 22.9 Å². The van der Waals surface area contributed by atoms with Crippen LogP contribution in [0.2, 0.25) is 0 Å². The number of nitrogens with zero attached hydrogens (tertiary/aromatic N) is 3. The lowest BCUT2D eigenvalue weighted by molar-refractivity contribution is 0.101. The topological polar surface area (TPSA) is 84.4 Å². The summed E-state index contributed by atoms with van der Waals surface area (Å²) in [6.45, 7) is 0. The quantitative estimate of drug-likeness (QED) is 0.500. The zero-order valence-electron chi connectivity index (χ0n) is 19.8. The number of aromatic nitrogens is 2. The molecule has 2 amide bonds. The lowest BCUT2D eigenvalue weighted by Gasteiger charge is -2.34. The van der Waals surface area contributed by atoms with Gasteiger partial charge in [-0.05, 0) is 67.5 Å². The van der Waals surface area contributed by atoms with Crippen molar-refractivity contribution in [2.45, 2.75) is 37.6 Å². The molecule has 0 unspecified atom stereocenters. The molecule has 4 rings (SSSR count). The molecule has 1 fully saturated rings. The van der Waals surface area contributed by atoms with Crippen LogP contribution in [0.5, 0.6) is 0 Å². The molecule has 36 heavy (non-hydrogen) atoms. The molecule has 3 aromatic rings. The van der Waals surface area contributed by atoms with Gasteiger partial charge in [0.2, 0.25) is 0 Å². The number of amides is 2. The van der Waals surface area contributed by atoms with Gasteiger partial charge in [0.1, 0.15) is 28.8 Å². The van der Waals surface area contributed by atoms with E-state index in [1.54, 1.807) is 18.1 Å². The van der Waals surface area contributed by atoms with Gasteiger partial charge >= 0.3 is 6.09 Å². The number of hydrogen-bond donors (Lipinski definition) is 1. The highest BCUT2D eigenvalue weighted by Crippen LogP contribution is 2.37. The van der Waals surface area contributed by atoms with Crippen molar-refractivity contribution < 1.29 is 27.5 Å². The Morgan fingerprint density at radius 2 is 1.69 bits per heavy atom. The number of anilines is 1. The van der Waals surface area contributed by atoms with E-state index in [1.807, 2.05) is 6.07 Å². The molecule has 0 aliphatic heterocycles. The maximum Gasteiger partial charge on any atom is 0.409 e. The fourth-order valence-corrected chi connectivity index (χ4v) is 4.59. The minimum atomic E-state index is -0.984. The Hall–Kier alpha value is -3.95.